The molecule has 44 heavy (non-hydrogen) atoms. The van der Waals surface area contributed by atoms with Crippen LogP contribution in [0, 0.1) is 17.8 Å². The Morgan fingerprint density at radius 2 is 1.68 bits per heavy atom. The first-order valence-corrected chi connectivity index (χ1v) is 14.7. The third-order valence-corrected chi connectivity index (χ3v) is 11.0. The maximum Gasteiger partial charge on any atom is 0.433 e. The number of phenolic OH excluding ortho intramolecular Hbond substituents is 1. The summed E-state index contributed by atoms with van der Waals surface area (Å²) in [6.07, 6.45) is -3.45. The van der Waals surface area contributed by atoms with E-state index in [-0.39, 0.29) is 34.2 Å². The molecule has 1 aromatic heterocycles. The van der Waals surface area contributed by atoms with Gasteiger partial charge in [0.1, 0.15) is 11.4 Å². The Morgan fingerprint density at radius 3 is 2.32 bits per heavy atom. The van der Waals surface area contributed by atoms with E-state index in [1.54, 1.807) is 6.08 Å². The van der Waals surface area contributed by atoms with Crippen LogP contribution in [0.4, 0.5) is 19.0 Å². The first-order chi connectivity index (χ1) is 20.4. The number of carbonyl (C=O) groups is 4. The van der Waals surface area contributed by atoms with Gasteiger partial charge in [0, 0.05) is 25.0 Å². The second-order valence-corrected chi connectivity index (χ2v) is 13.3. The van der Waals surface area contributed by atoms with Gasteiger partial charge in [-0.15, -0.1) is 23.2 Å². The van der Waals surface area contributed by atoms with Crippen LogP contribution in [0.2, 0.25) is 10.0 Å². The summed E-state index contributed by atoms with van der Waals surface area (Å²) in [5.74, 6) is -7.89. The van der Waals surface area contributed by atoms with Gasteiger partial charge in [-0.2, -0.15) is 18.2 Å². The van der Waals surface area contributed by atoms with Gasteiger partial charge in [-0.1, -0.05) is 40.9 Å². The molecule has 16 heteroatoms. The van der Waals surface area contributed by atoms with Gasteiger partial charge in [0.15, 0.2) is 15.6 Å². The van der Waals surface area contributed by atoms with E-state index >= 15 is 0 Å². The molecule has 0 spiro atoms. The van der Waals surface area contributed by atoms with Gasteiger partial charge >= 0.3 is 6.18 Å². The first kappa shape index (κ1) is 30.9. The monoisotopic (exact) mass is 690 g/mol. The van der Waals surface area contributed by atoms with Crippen LogP contribution in [0.5, 0.6) is 5.75 Å². The number of pyridine rings is 1. The first-order valence-electron chi connectivity index (χ1n) is 13.2. The van der Waals surface area contributed by atoms with E-state index in [4.69, 9.17) is 46.4 Å². The fourth-order valence-electron chi connectivity index (χ4n) is 7.03. The standard InChI is InChI=1S/C28H21Cl4F3N4O5/c1-37-24(43)26(31)10-15-12(20(27(26,32)25(37)44)13-4-3-11(40)9-17(13)30)5-6-14-19(15)23(42)39(22(14)41)38(2)21-16(29)7-8-18(36-21)28(33,34)35/h3-5,7-9,14-15,19-20,40H,6,10H2,1-2H3. The molecule has 6 rings (SSSR count). The maximum atomic E-state index is 14.1. The van der Waals surface area contributed by atoms with E-state index in [0.29, 0.717) is 16.6 Å². The summed E-state index contributed by atoms with van der Waals surface area (Å²) in [4.78, 5) is 55.2. The highest BCUT2D eigenvalue weighted by Crippen LogP contribution is 2.66. The number of likely N-dealkylation sites (tertiary alicyclic amines) is 1. The second-order valence-electron chi connectivity index (χ2n) is 11.2. The number of aromatic hydroxyl groups is 1. The van der Waals surface area contributed by atoms with Crippen LogP contribution in [-0.4, -0.2) is 67.5 Å². The Balaban J connectivity index is 1.46. The minimum absolute atomic E-state index is 0.00159. The molecule has 1 saturated carbocycles. The van der Waals surface area contributed by atoms with Crippen molar-refractivity contribution in [3.8, 4) is 5.75 Å². The second kappa shape index (κ2) is 9.97. The number of phenols is 1. The van der Waals surface area contributed by atoms with Crippen LogP contribution in [0.3, 0.4) is 0 Å². The number of hydrogen-bond acceptors (Lipinski definition) is 7. The Morgan fingerprint density at radius 1 is 1.00 bits per heavy atom. The number of anilines is 1. The summed E-state index contributed by atoms with van der Waals surface area (Å²) in [5, 5.41) is 11.3. The lowest BCUT2D eigenvalue weighted by molar-refractivity contribution is -0.141. The van der Waals surface area contributed by atoms with Crippen molar-refractivity contribution in [2.24, 2.45) is 17.8 Å². The van der Waals surface area contributed by atoms with Crippen molar-refractivity contribution in [2.75, 3.05) is 19.1 Å². The minimum Gasteiger partial charge on any atom is -0.508 e. The number of alkyl halides is 5. The number of rotatable bonds is 3. The molecule has 2 saturated heterocycles. The largest absolute Gasteiger partial charge is 0.508 e. The minimum atomic E-state index is -4.82. The summed E-state index contributed by atoms with van der Waals surface area (Å²) in [7, 11) is 2.43. The van der Waals surface area contributed by atoms with E-state index in [9.17, 15) is 37.5 Å². The lowest BCUT2D eigenvalue weighted by Crippen LogP contribution is -2.60. The van der Waals surface area contributed by atoms with Crippen molar-refractivity contribution in [1.29, 1.82) is 0 Å². The molecule has 2 aliphatic carbocycles. The van der Waals surface area contributed by atoms with E-state index in [1.807, 2.05) is 0 Å². The zero-order valence-corrected chi connectivity index (χ0v) is 25.7. The number of nitrogens with zero attached hydrogens (tertiary/aromatic N) is 4. The van der Waals surface area contributed by atoms with Crippen LogP contribution >= 0.6 is 46.4 Å². The van der Waals surface area contributed by atoms with Crippen LogP contribution in [0.1, 0.15) is 30.0 Å². The summed E-state index contributed by atoms with van der Waals surface area (Å²) in [5.41, 5.74) is -0.565. The molecule has 1 aromatic carbocycles. The highest BCUT2D eigenvalue weighted by molar-refractivity contribution is 6.53. The summed E-state index contributed by atoms with van der Waals surface area (Å²) in [6, 6.07) is 5.64. The number of benzene rings is 1. The average molecular weight is 692 g/mol. The molecule has 0 bridgehead atoms. The van der Waals surface area contributed by atoms with Crippen LogP contribution in [0.15, 0.2) is 42.0 Å². The van der Waals surface area contributed by atoms with Crippen LogP contribution in [0.25, 0.3) is 0 Å². The Labute approximate surface area is 268 Å². The number of hydrogen-bond donors (Lipinski definition) is 1. The molecule has 4 amide bonds. The zero-order valence-electron chi connectivity index (χ0n) is 22.7. The van der Waals surface area contributed by atoms with Gasteiger partial charge in [0.2, 0.25) is 0 Å². The van der Waals surface area contributed by atoms with Crippen molar-refractivity contribution in [2.45, 2.75) is 34.7 Å². The fourth-order valence-corrected chi connectivity index (χ4v) is 8.55. The van der Waals surface area contributed by atoms with Crippen molar-refractivity contribution in [1.82, 2.24) is 14.9 Å². The number of hydrazine groups is 1. The van der Waals surface area contributed by atoms with Crippen molar-refractivity contribution in [3.63, 3.8) is 0 Å². The van der Waals surface area contributed by atoms with Gasteiger partial charge in [-0.25, -0.2) is 4.98 Å². The molecule has 2 aliphatic heterocycles. The SMILES string of the molecule is CN1C(=O)C2(Cl)CC3C(=CCC4C(=O)N(N(C)c5nc(C(F)(F)F)ccc5Cl)C(=O)C43)C(c3ccc(O)cc3Cl)C2(Cl)C1=O. The maximum absolute atomic E-state index is 14.1. The molecule has 1 N–H and O–H groups in total. The highest BCUT2D eigenvalue weighted by Gasteiger charge is 2.76. The van der Waals surface area contributed by atoms with E-state index in [2.05, 4.69) is 4.98 Å². The Bertz CT molecular complexity index is 1710. The lowest BCUT2D eigenvalue weighted by atomic mass is 9.56. The van der Waals surface area contributed by atoms with Gasteiger partial charge in [-0.3, -0.25) is 29.1 Å². The van der Waals surface area contributed by atoms with Crippen molar-refractivity contribution >= 4 is 75.9 Å². The molecule has 3 fully saturated rings. The molecule has 0 radical (unpaired) electrons. The van der Waals surface area contributed by atoms with Gasteiger partial charge in [-0.05, 0) is 48.6 Å². The normalized spacial score (nSPS) is 31.6. The fraction of sp³-hybridized carbons (Fsp3) is 0.393. The number of allylic oxidation sites excluding steroid dienone is 2. The number of fused-ring (bicyclic) bond motifs is 4. The topological polar surface area (TPSA) is 111 Å². The molecule has 4 aliphatic rings. The number of amides is 4. The molecule has 6 unspecified atom stereocenters. The number of halogens is 7. The molecule has 6 atom stereocenters. The third kappa shape index (κ3) is 4.03. The predicted molar refractivity (Wildman–Crippen MR) is 153 cm³/mol. The lowest BCUT2D eigenvalue weighted by Gasteiger charge is -2.51. The van der Waals surface area contributed by atoms with Crippen molar-refractivity contribution in [3.05, 3.63) is 63.3 Å². The summed E-state index contributed by atoms with van der Waals surface area (Å²) >= 11 is 26.9. The molecular weight excluding hydrogens is 671 g/mol. The van der Waals surface area contributed by atoms with E-state index in [0.717, 1.165) is 16.0 Å². The van der Waals surface area contributed by atoms with E-state index in [1.165, 1.54) is 32.3 Å². The summed E-state index contributed by atoms with van der Waals surface area (Å²) in [6.45, 7) is 0. The quantitative estimate of drug-likeness (QED) is 0.269. The highest BCUT2D eigenvalue weighted by atomic mass is 35.5. The Hall–Kier alpha value is -3.06. The van der Waals surface area contributed by atoms with E-state index < -0.39 is 74.7 Å². The number of aromatic nitrogens is 1. The zero-order chi connectivity index (χ0) is 32.3. The van der Waals surface area contributed by atoms with Crippen molar-refractivity contribution < 1.29 is 37.5 Å². The molecule has 9 nitrogen and oxygen atoms in total. The summed E-state index contributed by atoms with van der Waals surface area (Å²) < 4.78 is 40.3. The number of carbonyl (C=O) groups excluding carboxylic acids is 4. The van der Waals surface area contributed by atoms with Crippen LogP contribution in [-0.2, 0) is 25.4 Å². The van der Waals surface area contributed by atoms with Gasteiger partial charge < -0.3 is 5.11 Å². The molecule has 3 heterocycles. The predicted octanol–water partition coefficient (Wildman–Crippen LogP) is 5.15. The molecule has 232 valence electrons. The molecular formula is C28H21Cl4F3N4O5. The average Bonchev–Trinajstić information content (AvgIpc) is 3.28. The molecule has 2 aromatic rings. The van der Waals surface area contributed by atoms with Gasteiger partial charge in [0.05, 0.1) is 16.9 Å². The number of imide groups is 2. The van der Waals surface area contributed by atoms with Gasteiger partial charge in [0.25, 0.3) is 23.6 Å². The Kier molecular flexibility index (Phi) is 7.01. The smallest absolute Gasteiger partial charge is 0.433 e. The third-order valence-electron chi connectivity index (χ3n) is 9.01. The van der Waals surface area contributed by atoms with Crippen LogP contribution < -0.4 is 5.01 Å².